The summed E-state index contributed by atoms with van der Waals surface area (Å²) >= 11 is 0. The van der Waals surface area contributed by atoms with Crippen molar-refractivity contribution in [3.8, 4) is 11.5 Å². The van der Waals surface area contributed by atoms with Gasteiger partial charge in [-0.2, -0.15) is 0 Å². The summed E-state index contributed by atoms with van der Waals surface area (Å²) in [5, 5.41) is 2.88. The fraction of sp³-hybridized carbons (Fsp3) is 0.300. The second-order valence-corrected chi connectivity index (χ2v) is 6.45. The first kappa shape index (κ1) is 16.4. The maximum atomic E-state index is 12.5. The van der Waals surface area contributed by atoms with Crippen molar-refractivity contribution in [1.82, 2.24) is 10.2 Å². The highest BCUT2D eigenvalue weighted by Gasteiger charge is 2.20. The number of carbonyl (C=O) groups excluding carboxylic acids is 2. The number of nitrogens with one attached hydrogen (secondary N) is 1. The molecule has 2 amide bonds. The summed E-state index contributed by atoms with van der Waals surface area (Å²) in [6, 6.07) is 12.5. The molecular formula is C20H20N2O4. The molecule has 0 aromatic heterocycles. The van der Waals surface area contributed by atoms with Gasteiger partial charge < -0.3 is 19.7 Å². The van der Waals surface area contributed by atoms with Crippen LogP contribution in [0.5, 0.6) is 11.5 Å². The number of hydrogen-bond donors (Lipinski definition) is 1. The van der Waals surface area contributed by atoms with Crippen molar-refractivity contribution < 1.29 is 19.1 Å². The van der Waals surface area contributed by atoms with Crippen LogP contribution in [0.2, 0.25) is 0 Å². The highest BCUT2D eigenvalue weighted by Crippen LogP contribution is 2.32. The van der Waals surface area contributed by atoms with Gasteiger partial charge in [-0.25, -0.2) is 0 Å². The summed E-state index contributed by atoms with van der Waals surface area (Å²) < 4.78 is 10.6. The third-order valence-electron chi connectivity index (χ3n) is 4.66. The Morgan fingerprint density at radius 3 is 2.58 bits per heavy atom. The first-order valence-corrected chi connectivity index (χ1v) is 8.77. The summed E-state index contributed by atoms with van der Waals surface area (Å²) in [7, 11) is 0. The van der Waals surface area contributed by atoms with Crippen molar-refractivity contribution in [2.45, 2.75) is 19.4 Å². The van der Waals surface area contributed by atoms with Crippen molar-refractivity contribution in [3.63, 3.8) is 0 Å². The molecule has 6 nitrogen and oxygen atoms in total. The van der Waals surface area contributed by atoms with E-state index in [1.165, 1.54) is 0 Å². The monoisotopic (exact) mass is 352 g/mol. The molecule has 26 heavy (non-hydrogen) atoms. The summed E-state index contributed by atoms with van der Waals surface area (Å²) in [6.07, 6.45) is 2.09. The minimum Gasteiger partial charge on any atom is -0.454 e. The highest BCUT2D eigenvalue weighted by molar-refractivity contribution is 5.99. The van der Waals surface area contributed by atoms with E-state index in [0.717, 1.165) is 31.5 Å². The van der Waals surface area contributed by atoms with E-state index in [-0.39, 0.29) is 18.6 Å². The van der Waals surface area contributed by atoms with Gasteiger partial charge in [0, 0.05) is 30.8 Å². The predicted octanol–water partition coefficient (Wildman–Crippen LogP) is 2.58. The molecule has 1 saturated heterocycles. The molecule has 6 heteroatoms. The lowest BCUT2D eigenvalue weighted by Gasteiger charge is -2.15. The lowest BCUT2D eigenvalue weighted by molar-refractivity contribution is 0.0793. The van der Waals surface area contributed by atoms with Gasteiger partial charge in [0.25, 0.3) is 11.8 Å². The Labute approximate surface area is 151 Å². The number of carbonyl (C=O) groups is 2. The SMILES string of the molecule is O=C(NCc1ccc2c(c1)OCO2)c1cccc(C(=O)N2CCCC2)c1. The van der Waals surface area contributed by atoms with Gasteiger partial charge in [-0.15, -0.1) is 0 Å². The van der Waals surface area contributed by atoms with E-state index in [1.54, 1.807) is 24.3 Å². The molecule has 2 aromatic carbocycles. The van der Waals surface area contributed by atoms with E-state index < -0.39 is 0 Å². The molecule has 2 aromatic rings. The van der Waals surface area contributed by atoms with E-state index in [1.807, 2.05) is 23.1 Å². The Bertz CT molecular complexity index is 843. The molecule has 0 aliphatic carbocycles. The molecule has 0 radical (unpaired) electrons. The second kappa shape index (κ2) is 7.07. The number of nitrogens with zero attached hydrogens (tertiary/aromatic N) is 1. The van der Waals surface area contributed by atoms with Crippen LogP contribution in [-0.2, 0) is 6.54 Å². The molecule has 0 bridgehead atoms. The Hall–Kier alpha value is -3.02. The second-order valence-electron chi connectivity index (χ2n) is 6.45. The zero-order valence-corrected chi connectivity index (χ0v) is 14.4. The zero-order chi connectivity index (χ0) is 17.9. The Morgan fingerprint density at radius 1 is 0.962 bits per heavy atom. The van der Waals surface area contributed by atoms with Gasteiger partial charge >= 0.3 is 0 Å². The number of benzene rings is 2. The molecule has 0 saturated carbocycles. The molecule has 0 atom stereocenters. The third kappa shape index (κ3) is 3.35. The van der Waals surface area contributed by atoms with Gasteiger partial charge in [-0.1, -0.05) is 12.1 Å². The Balaban J connectivity index is 1.41. The normalized spacial score (nSPS) is 15.2. The van der Waals surface area contributed by atoms with E-state index in [4.69, 9.17) is 9.47 Å². The quantitative estimate of drug-likeness (QED) is 0.918. The van der Waals surface area contributed by atoms with Crippen molar-refractivity contribution in [1.29, 1.82) is 0 Å². The third-order valence-corrected chi connectivity index (χ3v) is 4.66. The van der Waals surface area contributed by atoms with Gasteiger partial charge in [0.1, 0.15) is 0 Å². The number of ether oxygens (including phenoxy) is 2. The lowest BCUT2D eigenvalue weighted by atomic mass is 10.1. The molecule has 2 aliphatic heterocycles. The first-order valence-electron chi connectivity index (χ1n) is 8.77. The lowest BCUT2D eigenvalue weighted by Crippen LogP contribution is -2.28. The van der Waals surface area contributed by atoms with E-state index in [9.17, 15) is 9.59 Å². The molecule has 1 fully saturated rings. The average Bonchev–Trinajstić information content (AvgIpc) is 3.36. The number of rotatable bonds is 4. The fourth-order valence-electron chi connectivity index (χ4n) is 3.23. The topological polar surface area (TPSA) is 67.9 Å². The standard InChI is InChI=1S/C20H20N2O4/c23-19(21-12-14-6-7-17-18(10-14)26-13-25-17)15-4-3-5-16(11-15)20(24)22-8-1-2-9-22/h3-7,10-11H,1-2,8-9,12-13H2,(H,21,23). The number of likely N-dealkylation sites (tertiary alicyclic amines) is 1. The van der Waals surface area contributed by atoms with E-state index >= 15 is 0 Å². The molecule has 0 spiro atoms. The summed E-state index contributed by atoms with van der Waals surface area (Å²) in [5.74, 6) is 1.19. The van der Waals surface area contributed by atoms with Crippen LogP contribution >= 0.6 is 0 Å². The van der Waals surface area contributed by atoms with Gasteiger partial charge in [0.05, 0.1) is 0 Å². The van der Waals surface area contributed by atoms with Crippen LogP contribution in [0, 0.1) is 0 Å². The first-order chi connectivity index (χ1) is 12.7. The van der Waals surface area contributed by atoms with Gasteiger partial charge in [0.2, 0.25) is 6.79 Å². The van der Waals surface area contributed by atoms with Crippen LogP contribution in [-0.4, -0.2) is 36.6 Å². The van der Waals surface area contributed by atoms with Crippen LogP contribution in [0.3, 0.4) is 0 Å². The summed E-state index contributed by atoms with van der Waals surface area (Å²) in [6.45, 7) is 2.18. The minimum absolute atomic E-state index is 0.00655. The summed E-state index contributed by atoms with van der Waals surface area (Å²) in [4.78, 5) is 26.8. The van der Waals surface area contributed by atoms with Gasteiger partial charge in [0.15, 0.2) is 11.5 Å². The molecule has 134 valence electrons. The maximum Gasteiger partial charge on any atom is 0.253 e. The van der Waals surface area contributed by atoms with Gasteiger partial charge in [-0.3, -0.25) is 9.59 Å². The fourth-order valence-corrected chi connectivity index (χ4v) is 3.23. The number of amides is 2. The van der Waals surface area contributed by atoms with Crippen molar-refractivity contribution in [2.75, 3.05) is 19.9 Å². The molecule has 0 unspecified atom stereocenters. The summed E-state index contributed by atoms with van der Waals surface area (Å²) in [5.41, 5.74) is 1.96. The number of fused-ring (bicyclic) bond motifs is 1. The maximum absolute atomic E-state index is 12.5. The van der Waals surface area contributed by atoms with Crippen LogP contribution < -0.4 is 14.8 Å². The van der Waals surface area contributed by atoms with Crippen molar-refractivity contribution in [2.24, 2.45) is 0 Å². The van der Waals surface area contributed by atoms with Crippen LogP contribution in [0.4, 0.5) is 0 Å². The van der Waals surface area contributed by atoms with Crippen LogP contribution in [0.1, 0.15) is 39.1 Å². The van der Waals surface area contributed by atoms with E-state index in [2.05, 4.69) is 5.32 Å². The molecule has 2 aliphatic rings. The van der Waals surface area contributed by atoms with E-state index in [0.29, 0.717) is 29.2 Å². The molecular weight excluding hydrogens is 332 g/mol. The molecule has 4 rings (SSSR count). The van der Waals surface area contributed by atoms with Gasteiger partial charge in [-0.05, 0) is 48.7 Å². The molecule has 1 N–H and O–H groups in total. The average molecular weight is 352 g/mol. The minimum atomic E-state index is -0.210. The smallest absolute Gasteiger partial charge is 0.253 e. The van der Waals surface area contributed by atoms with Crippen molar-refractivity contribution >= 4 is 11.8 Å². The largest absolute Gasteiger partial charge is 0.454 e. The Kier molecular flexibility index (Phi) is 4.48. The molecule has 2 heterocycles. The van der Waals surface area contributed by atoms with Crippen LogP contribution in [0.25, 0.3) is 0 Å². The van der Waals surface area contributed by atoms with Crippen LogP contribution in [0.15, 0.2) is 42.5 Å². The van der Waals surface area contributed by atoms with Crippen molar-refractivity contribution in [3.05, 3.63) is 59.2 Å². The number of hydrogen-bond acceptors (Lipinski definition) is 4. The zero-order valence-electron chi connectivity index (χ0n) is 14.4. The Morgan fingerprint density at radius 2 is 1.73 bits per heavy atom. The highest BCUT2D eigenvalue weighted by atomic mass is 16.7. The predicted molar refractivity (Wildman–Crippen MR) is 95.3 cm³/mol.